The summed E-state index contributed by atoms with van der Waals surface area (Å²) < 4.78 is 0. The molecule has 114 valence electrons. The summed E-state index contributed by atoms with van der Waals surface area (Å²) in [4.78, 5) is 29.0. The van der Waals surface area contributed by atoms with Gasteiger partial charge < -0.3 is 10.0 Å². The van der Waals surface area contributed by atoms with Crippen LogP contribution in [0.25, 0.3) is 0 Å². The minimum Gasteiger partial charge on any atom is -0.477 e. The third-order valence-corrected chi connectivity index (χ3v) is 4.36. The van der Waals surface area contributed by atoms with E-state index in [2.05, 4.69) is 18.8 Å². The molecule has 0 unspecified atom stereocenters. The molecule has 0 atom stereocenters. The molecular weight excluding hydrogens is 268 g/mol. The molecule has 1 saturated carbocycles. The van der Waals surface area contributed by atoms with Gasteiger partial charge in [0.15, 0.2) is 0 Å². The molecule has 1 N–H and O–H groups in total. The first-order valence-electron chi connectivity index (χ1n) is 7.28. The maximum atomic E-state index is 12.5. The third kappa shape index (κ3) is 3.60. The molecule has 0 aromatic carbocycles. The van der Waals surface area contributed by atoms with Crippen LogP contribution in [0.3, 0.4) is 0 Å². The number of rotatable bonds is 3. The minimum absolute atomic E-state index is 0.0981. The maximum absolute atomic E-state index is 12.5. The van der Waals surface area contributed by atoms with Gasteiger partial charge in [0, 0.05) is 13.1 Å². The molecular formula is C16H22N2O3. The van der Waals surface area contributed by atoms with Crippen LogP contribution in [-0.4, -0.2) is 40.0 Å². The van der Waals surface area contributed by atoms with Crippen molar-refractivity contribution in [2.45, 2.75) is 45.6 Å². The first-order chi connectivity index (χ1) is 9.80. The van der Waals surface area contributed by atoms with Crippen molar-refractivity contribution in [3.8, 4) is 0 Å². The van der Waals surface area contributed by atoms with Crippen LogP contribution in [0.5, 0.6) is 0 Å². The maximum Gasteiger partial charge on any atom is 0.354 e. The van der Waals surface area contributed by atoms with Gasteiger partial charge in [0.25, 0.3) is 5.91 Å². The molecule has 21 heavy (non-hydrogen) atoms. The molecule has 0 saturated heterocycles. The Morgan fingerprint density at radius 2 is 1.81 bits per heavy atom. The molecule has 1 aromatic rings. The number of aromatic carboxylic acids is 1. The molecule has 5 heteroatoms. The summed E-state index contributed by atoms with van der Waals surface area (Å²) in [5.41, 5.74) is 0.447. The van der Waals surface area contributed by atoms with E-state index < -0.39 is 5.97 Å². The average Bonchev–Trinajstić information content (AvgIpc) is 2.46. The Morgan fingerprint density at radius 1 is 1.24 bits per heavy atom. The monoisotopic (exact) mass is 290 g/mol. The molecule has 1 heterocycles. The van der Waals surface area contributed by atoms with Crippen LogP contribution < -0.4 is 0 Å². The molecule has 0 spiro atoms. The van der Waals surface area contributed by atoms with Crippen molar-refractivity contribution in [3.05, 3.63) is 29.6 Å². The van der Waals surface area contributed by atoms with E-state index in [1.807, 2.05) is 0 Å². The molecule has 5 nitrogen and oxygen atoms in total. The fourth-order valence-electron chi connectivity index (χ4n) is 2.79. The topological polar surface area (TPSA) is 70.5 Å². The number of hydrogen-bond donors (Lipinski definition) is 1. The average molecular weight is 290 g/mol. The van der Waals surface area contributed by atoms with Gasteiger partial charge in [-0.1, -0.05) is 19.9 Å². The smallest absolute Gasteiger partial charge is 0.354 e. The Morgan fingerprint density at radius 3 is 2.38 bits per heavy atom. The Bertz CT molecular complexity index is 544. The predicted molar refractivity (Wildman–Crippen MR) is 79.3 cm³/mol. The van der Waals surface area contributed by atoms with Crippen LogP contribution in [0.4, 0.5) is 0 Å². The SMILES string of the molecule is CN(C(=O)c1cccc(C(=O)O)n1)C1CCC(C)(C)CC1. The molecule has 1 amide bonds. The van der Waals surface area contributed by atoms with E-state index in [4.69, 9.17) is 5.11 Å². The van der Waals surface area contributed by atoms with E-state index in [-0.39, 0.29) is 23.3 Å². The van der Waals surface area contributed by atoms with Gasteiger partial charge >= 0.3 is 5.97 Å². The highest BCUT2D eigenvalue weighted by Gasteiger charge is 2.31. The second-order valence-electron chi connectivity index (χ2n) is 6.52. The summed E-state index contributed by atoms with van der Waals surface area (Å²) in [5.74, 6) is -1.32. The zero-order valence-electron chi connectivity index (χ0n) is 12.8. The Kier molecular flexibility index (Phi) is 4.30. The van der Waals surface area contributed by atoms with E-state index in [0.717, 1.165) is 25.7 Å². The van der Waals surface area contributed by atoms with Crippen molar-refractivity contribution in [3.63, 3.8) is 0 Å². The van der Waals surface area contributed by atoms with Gasteiger partial charge in [-0.25, -0.2) is 9.78 Å². The largest absolute Gasteiger partial charge is 0.477 e. The second kappa shape index (κ2) is 5.84. The lowest BCUT2D eigenvalue weighted by Crippen LogP contribution is -2.41. The quantitative estimate of drug-likeness (QED) is 0.929. The number of carbonyl (C=O) groups is 2. The van der Waals surface area contributed by atoms with E-state index in [0.29, 0.717) is 5.41 Å². The van der Waals surface area contributed by atoms with Crippen molar-refractivity contribution < 1.29 is 14.7 Å². The standard InChI is InChI=1S/C16H22N2O3/c1-16(2)9-7-11(8-10-16)18(3)14(19)12-5-4-6-13(17-12)15(20)21/h4-6,11H,7-10H2,1-3H3,(H,20,21). The van der Waals surface area contributed by atoms with E-state index >= 15 is 0 Å². The zero-order valence-corrected chi connectivity index (χ0v) is 12.8. The first-order valence-corrected chi connectivity index (χ1v) is 7.28. The Hall–Kier alpha value is -1.91. The van der Waals surface area contributed by atoms with Crippen molar-refractivity contribution in [2.75, 3.05) is 7.05 Å². The highest BCUT2D eigenvalue weighted by Crippen LogP contribution is 2.36. The number of amides is 1. The molecule has 1 aromatic heterocycles. The van der Waals surface area contributed by atoms with Gasteiger partial charge in [-0.3, -0.25) is 4.79 Å². The van der Waals surface area contributed by atoms with Crippen LogP contribution >= 0.6 is 0 Å². The molecule has 1 fully saturated rings. The van der Waals surface area contributed by atoms with Crippen LogP contribution in [0.1, 0.15) is 60.5 Å². The van der Waals surface area contributed by atoms with Crippen LogP contribution in [0, 0.1) is 5.41 Å². The number of nitrogens with zero attached hydrogens (tertiary/aromatic N) is 2. The lowest BCUT2D eigenvalue weighted by atomic mass is 9.75. The summed E-state index contributed by atoms with van der Waals surface area (Å²) in [5, 5.41) is 8.95. The van der Waals surface area contributed by atoms with Gasteiger partial charge in [0.1, 0.15) is 11.4 Å². The number of hydrogen-bond acceptors (Lipinski definition) is 3. The Labute approximate surface area is 125 Å². The highest BCUT2D eigenvalue weighted by molar-refractivity contribution is 5.94. The van der Waals surface area contributed by atoms with Gasteiger partial charge in [0.2, 0.25) is 0 Å². The highest BCUT2D eigenvalue weighted by atomic mass is 16.4. The second-order valence-corrected chi connectivity index (χ2v) is 6.52. The van der Waals surface area contributed by atoms with Crippen molar-refractivity contribution in [2.24, 2.45) is 5.41 Å². The van der Waals surface area contributed by atoms with Gasteiger partial charge in [0.05, 0.1) is 0 Å². The van der Waals surface area contributed by atoms with E-state index in [1.54, 1.807) is 24.1 Å². The summed E-state index contributed by atoms with van der Waals surface area (Å²) in [6.45, 7) is 4.51. The molecule has 1 aliphatic carbocycles. The number of pyridine rings is 1. The van der Waals surface area contributed by atoms with Gasteiger partial charge in [-0.15, -0.1) is 0 Å². The van der Waals surface area contributed by atoms with Crippen molar-refractivity contribution >= 4 is 11.9 Å². The summed E-state index contributed by atoms with van der Waals surface area (Å²) in [6, 6.07) is 4.72. The summed E-state index contributed by atoms with van der Waals surface area (Å²) >= 11 is 0. The van der Waals surface area contributed by atoms with Gasteiger partial charge in [-0.05, 0) is 43.2 Å². The normalized spacial score (nSPS) is 18.2. The summed E-state index contributed by atoms with van der Waals surface area (Å²) in [7, 11) is 1.78. The summed E-state index contributed by atoms with van der Waals surface area (Å²) in [6.07, 6.45) is 4.15. The van der Waals surface area contributed by atoms with E-state index in [9.17, 15) is 9.59 Å². The predicted octanol–water partition coefficient (Wildman–Crippen LogP) is 2.82. The third-order valence-electron chi connectivity index (χ3n) is 4.36. The van der Waals surface area contributed by atoms with E-state index in [1.165, 1.54) is 6.07 Å². The number of carboxylic acid groups (broad SMARTS) is 1. The first kappa shape index (κ1) is 15.5. The number of carboxylic acids is 1. The van der Waals surface area contributed by atoms with Crippen LogP contribution in [-0.2, 0) is 0 Å². The lowest BCUT2D eigenvalue weighted by Gasteiger charge is -2.38. The molecule has 0 bridgehead atoms. The van der Waals surface area contributed by atoms with Crippen molar-refractivity contribution in [1.82, 2.24) is 9.88 Å². The number of aromatic nitrogens is 1. The van der Waals surface area contributed by atoms with Crippen LogP contribution in [0.2, 0.25) is 0 Å². The lowest BCUT2D eigenvalue weighted by molar-refractivity contribution is 0.0628. The van der Waals surface area contributed by atoms with Gasteiger partial charge in [-0.2, -0.15) is 0 Å². The Balaban J connectivity index is 2.09. The zero-order chi connectivity index (χ0) is 15.6. The molecule has 2 rings (SSSR count). The molecule has 0 radical (unpaired) electrons. The number of carbonyl (C=O) groups excluding carboxylic acids is 1. The minimum atomic E-state index is -1.12. The molecule has 0 aliphatic heterocycles. The fraction of sp³-hybridized carbons (Fsp3) is 0.562. The molecule has 1 aliphatic rings. The fourth-order valence-corrected chi connectivity index (χ4v) is 2.79. The van der Waals surface area contributed by atoms with Crippen LogP contribution in [0.15, 0.2) is 18.2 Å². The van der Waals surface area contributed by atoms with Crippen molar-refractivity contribution in [1.29, 1.82) is 0 Å².